The Hall–Kier alpha value is -3.64. The first-order valence-electron chi connectivity index (χ1n) is 9.62. The van der Waals surface area contributed by atoms with E-state index < -0.39 is 0 Å². The van der Waals surface area contributed by atoms with Crippen molar-refractivity contribution in [2.75, 3.05) is 0 Å². The van der Waals surface area contributed by atoms with Crippen LogP contribution >= 0.6 is 0 Å². The number of hydrogen-bond acceptors (Lipinski definition) is 0. The van der Waals surface area contributed by atoms with Crippen molar-refractivity contribution in [1.29, 1.82) is 0 Å². The van der Waals surface area contributed by atoms with Crippen molar-refractivity contribution in [2.24, 2.45) is 0 Å². The van der Waals surface area contributed by atoms with Crippen LogP contribution in [0, 0.1) is 0 Å². The lowest BCUT2D eigenvalue weighted by Gasteiger charge is -2.08. The Bertz CT molecular complexity index is 1270. The number of hydrogen-bond donors (Lipinski definition) is 0. The van der Waals surface area contributed by atoms with Crippen LogP contribution in [-0.2, 0) is 0 Å². The van der Waals surface area contributed by atoms with E-state index in [2.05, 4.69) is 84.9 Å². The Morgan fingerprint density at radius 2 is 0.571 bits per heavy atom. The second-order valence-electron chi connectivity index (χ2n) is 7.06. The van der Waals surface area contributed by atoms with Crippen LogP contribution in [0.5, 0.6) is 0 Å². The lowest BCUT2D eigenvalue weighted by molar-refractivity contribution is 1.72. The minimum atomic E-state index is 1.30. The molecule has 0 atom stereocenters. The highest BCUT2D eigenvalue weighted by Gasteiger charge is 2.04. The Kier molecular flexibility index (Phi) is 4.23. The highest BCUT2D eigenvalue weighted by Crippen LogP contribution is 2.32. The molecule has 0 aliphatic carbocycles. The van der Waals surface area contributed by atoms with Gasteiger partial charge in [0.25, 0.3) is 0 Å². The van der Waals surface area contributed by atoms with Crippen molar-refractivity contribution in [2.45, 2.75) is 0 Å². The molecule has 6 aromatic rings. The molecular weight excluding hydrogens is 336 g/mol. The average molecular weight is 356 g/mol. The molecule has 0 radical (unpaired) electrons. The molecule has 0 aliphatic heterocycles. The molecule has 0 nitrogen and oxygen atoms in total. The molecule has 0 bridgehead atoms. The Balaban J connectivity index is 0.000000246. The fraction of sp³-hybridized carbons (Fsp3) is 0. The normalized spacial score (nSPS) is 10.9. The lowest BCUT2D eigenvalue weighted by atomic mass is 9.96. The molecule has 0 aromatic heterocycles. The van der Waals surface area contributed by atoms with Crippen LogP contribution in [0.1, 0.15) is 0 Å². The highest BCUT2D eigenvalue weighted by atomic mass is 14.1. The van der Waals surface area contributed by atoms with Gasteiger partial charge in [-0.15, -0.1) is 0 Å². The van der Waals surface area contributed by atoms with E-state index >= 15 is 0 Å². The van der Waals surface area contributed by atoms with Crippen LogP contribution in [-0.4, -0.2) is 0 Å². The molecule has 0 saturated heterocycles. The van der Waals surface area contributed by atoms with E-state index in [4.69, 9.17) is 0 Å². The largest absolute Gasteiger partial charge is 0.0623 e. The van der Waals surface area contributed by atoms with E-state index in [1.165, 1.54) is 43.1 Å². The van der Waals surface area contributed by atoms with E-state index in [-0.39, 0.29) is 0 Å². The summed E-state index contributed by atoms with van der Waals surface area (Å²) in [6, 6.07) is 42.8. The summed E-state index contributed by atoms with van der Waals surface area (Å²) in [4.78, 5) is 0. The molecule has 0 amide bonds. The molecule has 28 heavy (non-hydrogen) atoms. The average Bonchev–Trinajstić information content (AvgIpc) is 2.78. The van der Waals surface area contributed by atoms with Gasteiger partial charge in [0.15, 0.2) is 0 Å². The lowest BCUT2D eigenvalue weighted by Crippen LogP contribution is -1.81. The van der Waals surface area contributed by atoms with Gasteiger partial charge in [-0.2, -0.15) is 0 Å². The second-order valence-corrected chi connectivity index (χ2v) is 7.06. The van der Waals surface area contributed by atoms with E-state index in [0.717, 1.165) is 0 Å². The van der Waals surface area contributed by atoms with Gasteiger partial charge in [-0.25, -0.2) is 0 Å². The molecule has 6 rings (SSSR count). The predicted molar refractivity (Wildman–Crippen MR) is 123 cm³/mol. The minimum Gasteiger partial charge on any atom is -0.0623 e. The van der Waals surface area contributed by atoms with Crippen LogP contribution in [0.15, 0.2) is 121 Å². The zero-order valence-corrected chi connectivity index (χ0v) is 15.5. The number of rotatable bonds is 0. The van der Waals surface area contributed by atoms with Crippen molar-refractivity contribution in [3.63, 3.8) is 0 Å². The molecule has 0 saturated carbocycles. The van der Waals surface area contributed by atoms with Gasteiger partial charge in [-0.05, 0) is 67.4 Å². The fourth-order valence-electron chi connectivity index (χ4n) is 3.82. The monoisotopic (exact) mass is 356 g/mol. The second kappa shape index (κ2) is 7.17. The summed E-state index contributed by atoms with van der Waals surface area (Å²) in [5.74, 6) is 0. The maximum Gasteiger partial charge on any atom is -0.00988 e. The summed E-state index contributed by atoms with van der Waals surface area (Å²) in [6.45, 7) is 0. The van der Waals surface area contributed by atoms with Crippen LogP contribution in [0.2, 0.25) is 0 Å². The zero-order valence-electron chi connectivity index (χ0n) is 15.5. The Labute approximate surface area is 164 Å². The fourth-order valence-corrected chi connectivity index (χ4v) is 3.82. The van der Waals surface area contributed by atoms with Gasteiger partial charge in [-0.1, -0.05) is 97.1 Å². The topological polar surface area (TPSA) is 0 Å². The van der Waals surface area contributed by atoms with Gasteiger partial charge in [0.2, 0.25) is 0 Å². The number of benzene rings is 6. The maximum absolute atomic E-state index is 2.32. The van der Waals surface area contributed by atoms with Gasteiger partial charge in [-0.3, -0.25) is 0 Å². The molecule has 0 fully saturated rings. The minimum absolute atomic E-state index is 1.30. The third-order valence-electron chi connectivity index (χ3n) is 5.24. The summed E-state index contributed by atoms with van der Waals surface area (Å²) < 4.78 is 0. The summed E-state index contributed by atoms with van der Waals surface area (Å²) >= 11 is 0. The van der Waals surface area contributed by atoms with Crippen LogP contribution in [0.25, 0.3) is 43.1 Å². The van der Waals surface area contributed by atoms with E-state index in [1.807, 2.05) is 36.4 Å². The van der Waals surface area contributed by atoms with Gasteiger partial charge in [0, 0.05) is 0 Å². The van der Waals surface area contributed by atoms with Crippen molar-refractivity contribution in [3.8, 4) is 0 Å². The van der Waals surface area contributed by atoms with Crippen LogP contribution in [0.3, 0.4) is 0 Å². The first kappa shape index (κ1) is 16.5. The van der Waals surface area contributed by atoms with Crippen molar-refractivity contribution in [3.05, 3.63) is 121 Å². The first-order valence-corrected chi connectivity index (χ1v) is 9.62. The quantitative estimate of drug-likeness (QED) is 0.191. The van der Waals surface area contributed by atoms with Crippen LogP contribution < -0.4 is 0 Å². The molecule has 132 valence electrons. The van der Waals surface area contributed by atoms with E-state index in [1.54, 1.807) is 0 Å². The standard InChI is InChI=1S/C22H14.C6H6/c1-3-7-17-13-21-19(11-15(17)5-1)9-10-20-12-16-6-2-4-8-18(16)14-22(20)21;1-2-4-6-5-3-1/h1-14H;1-6H. The molecule has 0 heteroatoms. The zero-order chi connectivity index (χ0) is 18.8. The smallest absolute Gasteiger partial charge is 0.00988 e. The molecular formula is C28H20. The molecule has 0 unspecified atom stereocenters. The highest BCUT2D eigenvalue weighted by molar-refractivity contribution is 6.15. The summed E-state index contributed by atoms with van der Waals surface area (Å²) in [5.41, 5.74) is 0. The first-order chi connectivity index (χ1) is 13.9. The van der Waals surface area contributed by atoms with Crippen molar-refractivity contribution in [1.82, 2.24) is 0 Å². The van der Waals surface area contributed by atoms with Gasteiger partial charge >= 0.3 is 0 Å². The molecule has 0 N–H and O–H groups in total. The van der Waals surface area contributed by atoms with Gasteiger partial charge < -0.3 is 0 Å². The van der Waals surface area contributed by atoms with Gasteiger partial charge in [0.05, 0.1) is 0 Å². The van der Waals surface area contributed by atoms with Crippen molar-refractivity contribution < 1.29 is 0 Å². The Morgan fingerprint density at radius 1 is 0.250 bits per heavy atom. The third-order valence-corrected chi connectivity index (χ3v) is 5.24. The van der Waals surface area contributed by atoms with Crippen LogP contribution in [0.4, 0.5) is 0 Å². The summed E-state index contributed by atoms with van der Waals surface area (Å²) in [5, 5.41) is 10.5. The maximum atomic E-state index is 2.32. The summed E-state index contributed by atoms with van der Waals surface area (Å²) in [7, 11) is 0. The molecule has 0 aliphatic rings. The summed E-state index contributed by atoms with van der Waals surface area (Å²) in [6.07, 6.45) is 0. The SMILES string of the molecule is c1ccc2cc3c(ccc4cc5ccccc5cc43)cc2c1.c1ccccc1. The Morgan fingerprint density at radius 3 is 0.929 bits per heavy atom. The third kappa shape index (κ3) is 3.10. The molecule has 0 heterocycles. The predicted octanol–water partition coefficient (Wildman–Crippen LogP) is 7.99. The van der Waals surface area contributed by atoms with E-state index in [9.17, 15) is 0 Å². The van der Waals surface area contributed by atoms with Gasteiger partial charge in [0.1, 0.15) is 0 Å². The number of fused-ring (bicyclic) bond motifs is 5. The molecule has 0 spiro atoms. The molecule has 6 aromatic carbocycles. The van der Waals surface area contributed by atoms with Crippen molar-refractivity contribution >= 4 is 43.1 Å². The van der Waals surface area contributed by atoms with E-state index in [0.29, 0.717) is 0 Å².